The third-order valence-electron chi connectivity index (χ3n) is 8.74. The van der Waals surface area contributed by atoms with Crippen LogP contribution in [0.5, 0.6) is 5.75 Å². The van der Waals surface area contributed by atoms with Crippen molar-refractivity contribution in [3.8, 4) is 16.9 Å². The van der Waals surface area contributed by atoms with E-state index in [1.165, 1.54) is 6.42 Å². The molecular formula is C37H40N4O3. The van der Waals surface area contributed by atoms with Gasteiger partial charge < -0.3 is 25.2 Å². The van der Waals surface area contributed by atoms with E-state index in [2.05, 4.69) is 38.6 Å². The maximum Gasteiger partial charge on any atom is 0.255 e. The fraction of sp³-hybridized carbons (Fsp3) is 0.297. The van der Waals surface area contributed by atoms with Crippen LogP contribution < -0.4 is 25.2 Å². The molecule has 0 bridgehead atoms. The van der Waals surface area contributed by atoms with Gasteiger partial charge in [0.1, 0.15) is 5.75 Å². The van der Waals surface area contributed by atoms with Gasteiger partial charge in [0.25, 0.3) is 11.8 Å². The molecule has 44 heavy (non-hydrogen) atoms. The molecule has 2 aliphatic rings. The van der Waals surface area contributed by atoms with Crippen molar-refractivity contribution < 1.29 is 14.3 Å². The number of anilines is 3. The number of methoxy groups -OCH3 is 1. The predicted octanol–water partition coefficient (Wildman–Crippen LogP) is 7.00. The molecule has 0 spiro atoms. The molecule has 0 atom stereocenters. The molecule has 1 saturated heterocycles. The minimum atomic E-state index is -0.207. The summed E-state index contributed by atoms with van der Waals surface area (Å²) in [7, 11) is 1.70. The molecule has 2 N–H and O–H groups in total. The van der Waals surface area contributed by atoms with Crippen molar-refractivity contribution in [3.63, 3.8) is 0 Å². The zero-order valence-corrected chi connectivity index (χ0v) is 25.3. The molecule has 1 saturated carbocycles. The minimum absolute atomic E-state index is 0.0811. The lowest BCUT2D eigenvalue weighted by molar-refractivity contribution is 0.0927. The van der Waals surface area contributed by atoms with Crippen molar-refractivity contribution in [3.05, 3.63) is 108 Å². The van der Waals surface area contributed by atoms with Gasteiger partial charge in [0.15, 0.2) is 0 Å². The van der Waals surface area contributed by atoms with E-state index in [9.17, 15) is 9.59 Å². The van der Waals surface area contributed by atoms with Gasteiger partial charge in [-0.2, -0.15) is 0 Å². The van der Waals surface area contributed by atoms with Gasteiger partial charge in [-0.1, -0.05) is 73.9 Å². The normalized spacial score (nSPS) is 15.5. The topological polar surface area (TPSA) is 73.9 Å². The monoisotopic (exact) mass is 588 g/mol. The first-order chi connectivity index (χ1) is 21.6. The summed E-state index contributed by atoms with van der Waals surface area (Å²) in [5.41, 5.74) is 5.90. The van der Waals surface area contributed by atoms with Gasteiger partial charge in [0.2, 0.25) is 0 Å². The number of carbonyl (C=O) groups is 2. The van der Waals surface area contributed by atoms with Gasteiger partial charge in [-0.25, -0.2) is 0 Å². The summed E-state index contributed by atoms with van der Waals surface area (Å²) in [5.74, 6) is 0.576. The number of nitrogens with zero attached hydrogens (tertiary/aromatic N) is 2. The Hall–Kier alpha value is -4.78. The summed E-state index contributed by atoms with van der Waals surface area (Å²) >= 11 is 0. The molecule has 2 fully saturated rings. The lowest BCUT2D eigenvalue weighted by atomic mass is 9.95. The number of amides is 2. The van der Waals surface area contributed by atoms with Crippen LogP contribution in [0, 0.1) is 0 Å². The van der Waals surface area contributed by atoms with Crippen LogP contribution in [0.15, 0.2) is 97.1 Å². The van der Waals surface area contributed by atoms with E-state index < -0.39 is 0 Å². The molecule has 1 heterocycles. The molecule has 1 aliphatic heterocycles. The molecule has 7 heteroatoms. The number of piperazine rings is 1. The summed E-state index contributed by atoms with van der Waals surface area (Å²) in [6, 6.07) is 31.7. The van der Waals surface area contributed by atoms with Crippen LogP contribution >= 0.6 is 0 Å². The van der Waals surface area contributed by atoms with Gasteiger partial charge in [-0.15, -0.1) is 0 Å². The molecule has 1 aliphatic carbocycles. The van der Waals surface area contributed by atoms with E-state index in [1.54, 1.807) is 7.11 Å². The summed E-state index contributed by atoms with van der Waals surface area (Å²) in [6.45, 7) is 3.14. The van der Waals surface area contributed by atoms with E-state index >= 15 is 0 Å². The first kappa shape index (κ1) is 29.3. The Labute approximate surface area is 259 Å². The molecule has 6 rings (SSSR count). The van der Waals surface area contributed by atoms with Crippen molar-refractivity contribution in [1.82, 2.24) is 5.32 Å². The third kappa shape index (κ3) is 6.72. The summed E-state index contributed by atoms with van der Waals surface area (Å²) in [5, 5.41) is 6.32. The number of para-hydroxylation sites is 2. The fourth-order valence-electron chi connectivity index (χ4n) is 6.31. The Morgan fingerprint density at radius 3 is 2.02 bits per heavy atom. The lowest BCUT2D eigenvalue weighted by Crippen LogP contribution is -2.47. The number of ether oxygens (including phenoxy) is 1. The molecular weight excluding hydrogens is 548 g/mol. The Kier molecular flexibility index (Phi) is 9.11. The molecule has 0 aromatic heterocycles. The van der Waals surface area contributed by atoms with Gasteiger partial charge in [0.05, 0.1) is 18.4 Å². The van der Waals surface area contributed by atoms with Crippen LogP contribution in [0.25, 0.3) is 11.1 Å². The third-order valence-corrected chi connectivity index (χ3v) is 8.74. The van der Waals surface area contributed by atoms with Gasteiger partial charge >= 0.3 is 0 Å². The van der Waals surface area contributed by atoms with Crippen LogP contribution in [0.2, 0.25) is 0 Å². The highest BCUT2D eigenvalue weighted by molar-refractivity contribution is 6.06. The summed E-state index contributed by atoms with van der Waals surface area (Å²) < 4.78 is 5.59. The van der Waals surface area contributed by atoms with Crippen molar-refractivity contribution in [2.24, 2.45) is 0 Å². The standard InChI is InChI=1S/C37H40N4O3/c1-44-35-15-9-8-14-34(35)41-24-22-40(23-25-41)33-21-20-31(26-32(33)37(43)38-30-12-6-3-7-13-30)39-36(42)29-18-16-28(17-19-29)27-10-4-2-5-11-27/h2,4-5,8-11,14-21,26,30H,3,6-7,12-13,22-25H2,1H3,(H,38,43)(H,39,42). The fourth-order valence-corrected chi connectivity index (χ4v) is 6.31. The van der Waals surface area contributed by atoms with Crippen molar-refractivity contribution in [1.29, 1.82) is 0 Å². The Bertz CT molecular complexity index is 1570. The summed E-state index contributed by atoms with van der Waals surface area (Å²) in [4.78, 5) is 31.6. The van der Waals surface area contributed by atoms with Crippen molar-refractivity contribution in [2.45, 2.75) is 38.1 Å². The lowest BCUT2D eigenvalue weighted by Gasteiger charge is -2.38. The average molecular weight is 589 g/mol. The van der Waals surface area contributed by atoms with Crippen molar-refractivity contribution >= 4 is 28.9 Å². The maximum atomic E-state index is 13.7. The molecule has 2 amide bonds. The summed E-state index contributed by atoms with van der Waals surface area (Å²) in [6.07, 6.45) is 5.52. The number of benzene rings is 4. The Balaban J connectivity index is 1.20. The predicted molar refractivity (Wildman–Crippen MR) is 178 cm³/mol. The van der Waals surface area contributed by atoms with Crippen LogP contribution in [0.1, 0.15) is 52.8 Å². The maximum absolute atomic E-state index is 13.7. The molecule has 0 unspecified atom stereocenters. The highest BCUT2D eigenvalue weighted by atomic mass is 16.5. The zero-order chi connectivity index (χ0) is 30.3. The number of hydrogen-bond donors (Lipinski definition) is 2. The van der Waals surface area contributed by atoms with Crippen molar-refractivity contribution in [2.75, 3.05) is 48.4 Å². The number of carbonyl (C=O) groups excluding carboxylic acids is 2. The number of hydrogen-bond acceptors (Lipinski definition) is 5. The molecule has 7 nitrogen and oxygen atoms in total. The Morgan fingerprint density at radius 2 is 1.32 bits per heavy atom. The van der Waals surface area contributed by atoms with Crippen LogP contribution in [0.3, 0.4) is 0 Å². The molecule has 4 aromatic rings. The van der Waals surface area contributed by atoms with E-state index in [-0.39, 0.29) is 17.9 Å². The number of nitrogens with one attached hydrogen (secondary N) is 2. The second kappa shape index (κ2) is 13.7. The largest absolute Gasteiger partial charge is 0.495 e. The highest BCUT2D eigenvalue weighted by Crippen LogP contribution is 2.31. The smallest absolute Gasteiger partial charge is 0.255 e. The van der Waals surface area contributed by atoms with Crippen LogP contribution in [0.4, 0.5) is 17.1 Å². The molecule has 226 valence electrons. The van der Waals surface area contributed by atoms with E-state index in [0.29, 0.717) is 16.8 Å². The SMILES string of the molecule is COc1ccccc1N1CCN(c2ccc(NC(=O)c3ccc(-c4ccccc4)cc3)cc2C(=O)NC2CCCCC2)CC1. The molecule has 4 aromatic carbocycles. The second-order valence-corrected chi connectivity index (χ2v) is 11.6. The van der Waals surface area contributed by atoms with Crippen LogP contribution in [-0.4, -0.2) is 51.1 Å². The first-order valence-corrected chi connectivity index (χ1v) is 15.6. The quantitative estimate of drug-likeness (QED) is 0.232. The Morgan fingerprint density at radius 1 is 0.682 bits per heavy atom. The molecule has 0 radical (unpaired) electrons. The zero-order valence-electron chi connectivity index (χ0n) is 25.3. The van der Waals surface area contributed by atoms with E-state index in [0.717, 1.165) is 80.1 Å². The number of rotatable bonds is 8. The first-order valence-electron chi connectivity index (χ1n) is 15.6. The van der Waals surface area contributed by atoms with E-state index in [4.69, 9.17) is 4.74 Å². The van der Waals surface area contributed by atoms with Gasteiger partial charge in [-0.05, 0) is 66.4 Å². The van der Waals surface area contributed by atoms with Gasteiger partial charge in [0, 0.05) is 49.2 Å². The van der Waals surface area contributed by atoms with Gasteiger partial charge in [-0.3, -0.25) is 9.59 Å². The minimum Gasteiger partial charge on any atom is -0.495 e. The van der Waals surface area contributed by atoms with E-state index in [1.807, 2.05) is 78.9 Å². The average Bonchev–Trinajstić information content (AvgIpc) is 3.09. The highest BCUT2D eigenvalue weighted by Gasteiger charge is 2.25. The van der Waals surface area contributed by atoms with Crippen LogP contribution in [-0.2, 0) is 0 Å². The second-order valence-electron chi connectivity index (χ2n) is 11.6.